The largest absolute Gasteiger partial charge is 0.444 e. The SMILES string of the molecule is CNC(=O)OCc1cc(-c2cccnc2F)c(S(=O)(=O)c2cccc(Br)c2)s1. The molecule has 2 heterocycles. The number of halogens is 2. The first-order valence-corrected chi connectivity index (χ1v) is 11.0. The zero-order valence-corrected chi connectivity index (χ0v) is 17.7. The smallest absolute Gasteiger partial charge is 0.407 e. The van der Waals surface area contributed by atoms with Gasteiger partial charge in [0.2, 0.25) is 15.8 Å². The van der Waals surface area contributed by atoms with Crippen LogP contribution in [0.1, 0.15) is 4.88 Å². The molecule has 0 aliphatic heterocycles. The van der Waals surface area contributed by atoms with Gasteiger partial charge >= 0.3 is 6.09 Å². The second kappa shape index (κ2) is 8.38. The minimum atomic E-state index is -3.94. The second-order valence-corrected chi connectivity index (χ2v) is 9.74. The van der Waals surface area contributed by atoms with Gasteiger partial charge in [0.1, 0.15) is 10.8 Å². The molecular formula is C18H14BrFN2O4S2. The van der Waals surface area contributed by atoms with Gasteiger partial charge in [-0.05, 0) is 36.4 Å². The van der Waals surface area contributed by atoms with Crippen molar-refractivity contribution < 1.29 is 22.3 Å². The molecule has 0 aliphatic carbocycles. The summed E-state index contributed by atoms with van der Waals surface area (Å²) >= 11 is 4.18. The first-order valence-electron chi connectivity index (χ1n) is 7.91. The highest BCUT2D eigenvalue weighted by Crippen LogP contribution is 2.39. The first kappa shape index (κ1) is 20.4. The molecule has 0 aliphatic rings. The molecule has 146 valence electrons. The van der Waals surface area contributed by atoms with Gasteiger partial charge in [-0.25, -0.2) is 18.2 Å². The Morgan fingerprint density at radius 3 is 2.71 bits per heavy atom. The van der Waals surface area contributed by atoms with E-state index in [1.54, 1.807) is 12.1 Å². The summed E-state index contributed by atoms with van der Waals surface area (Å²) in [5, 5.41) is 2.31. The summed E-state index contributed by atoms with van der Waals surface area (Å²) in [6.07, 6.45) is 0.627. The van der Waals surface area contributed by atoms with Gasteiger partial charge in [-0.3, -0.25) is 0 Å². The second-order valence-electron chi connectivity index (χ2n) is 5.54. The van der Waals surface area contributed by atoms with Crippen LogP contribution in [0.5, 0.6) is 0 Å². The molecule has 1 N–H and O–H groups in total. The van der Waals surface area contributed by atoms with E-state index in [4.69, 9.17) is 4.74 Å². The number of carbonyl (C=O) groups excluding carboxylic acids is 1. The molecule has 1 amide bonds. The third-order valence-corrected chi connectivity index (χ3v) is 7.59. The Morgan fingerprint density at radius 2 is 2.04 bits per heavy atom. The van der Waals surface area contributed by atoms with Crippen LogP contribution in [0.15, 0.2) is 62.2 Å². The van der Waals surface area contributed by atoms with Gasteiger partial charge in [-0.2, -0.15) is 4.39 Å². The molecule has 3 aromatic rings. The van der Waals surface area contributed by atoms with Crippen LogP contribution in [-0.4, -0.2) is 26.5 Å². The number of hydrogen-bond acceptors (Lipinski definition) is 6. The van der Waals surface area contributed by atoms with Crippen LogP contribution in [0.4, 0.5) is 9.18 Å². The maximum absolute atomic E-state index is 14.3. The number of benzene rings is 1. The van der Waals surface area contributed by atoms with E-state index in [0.717, 1.165) is 11.3 Å². The average molecular weight is 485 g/mol. The first-order chi connectivity index (χ1) is 13.3. The van der Waals surface area contributed by atoms with Gasteiger partial charge in [0, 0.05) is 33.7 Å². The van der Waals surface area contributed by atoms with Gasteiger partial charge in [0.25, 0.3) is 0 Å². The van der Waals surface area contributed by atoms with Crippen molar-refractivity contribution in [2.45, 2.75) is 15.7 Å². The fourth-order valence-electron chi connectivity index (χ4n) is 2.42. The Kier molecular flexibility index (Phi) is 6.11. The molecule has 0 saturated heterocycles. The average Bonchev–Trinajstić information content (AvgIpc) is 3.11. The molecule has 0 bridgehead atoms. The molecule has 0 saturated carbocycles. The molecule has 3 rings (SSSR count). The molecule has 10 heteroatoms. The van der Waals surface area contributed by atoms with E-state index < -0.39 is 21.9 Å². The van der Waals surface area contributed by atoms with E-state index >= 15 is 0 Å². The highest BCUT2D eigenvalue weighted by atomic mass is 79.9. The molecule has 28 heavy (non-hydrogen) atoms. The van der Waals surface area contributed by atoms with E-state index in [1.165, 1.54) is 43.6 Å². The van der Waals surface area contributed by atoms with Crippen molar-refractivity contribution >= 4 is 43.2 Å². The molecule has 1 aromatic carbocycles. The molecule has 0 atom stereocenters. The van der Waals surface area contributed by atoms with Crippen molar-refractivity contribution in [3.63, 3.8) is 0 Å². The quantitative estimate of drug-likeness (QED) is 0.542. The molecule has 2 aromatic heterocycles. The van der Waals surface area contributed by atoms with Crippen LogP contribution in [0, 0.1) is 5.95 Å². The molecular weight excluding hydrogens is 471 g/mol. The zero-order chi connectivity index (χ0) is 20.3. The number of aromatic nitrogens is 1. The Bertz CT molecular complexity index is 1130. The predicted octanol–water partition coefficient (Wildman–Crippen LogP) is 4.40. The van der Waals surface area contributed by atoms with E-state index in [2.05, 4.69) is 26.2 Å². The Labute approximate surface area is 173 Å². The lowest BCUT2D eigenvalue weighted by atomic mass is 10.1. The van der Waals surface area contributed by atoms with E-state index in [-0.39, 0.29) is 26.8 Å². The third-order valence-electron chi connectivity index (χ3n) is 3.70. The Balaban J connectivity index is 2.14. The van der Waals surface area contributed by atoms with Crippen molar-refractivity contribution in [1.82, 2.24) is 10.3 Å². The number of hydrogen-bond donors (Lipinski definition) is 1. The van der Waals surface area contributed by atoms with Crippen LogP contribution < -0.4 is 5.32 Å². The normalized spacial score (nSPS) is 11.2. The summed E-state index contributed by atoms with van der Waals surface area (Å²) in [5.74, 6) is -0.787. The molecule has 0 fully saturated rings. The van der Waals surface area contributed by atoms with E-state index in [0.29, 0.717) is 9.35 Å². The molecule has 0 spiro atoms. The lowest BCUT2D eigenvalue weighted by Crippen LogP contribution is -2.18. The number of sulfone groups is 1. The monoisotopic (exact) mass is 484 g/mol. The van der Waals surface area contributed by atoms with Crippen molar-refractivity contribution in [2.24, 2.45) is 0 Å². The maximum atomic E-state index is 14.3. The number of thiophene rings is 1. The summed E-state index contributed by atoms with van der Waals surface area (Å²) in [4.78, 5) is 15.5. The summed E-state index contributed by atoms with van der Waals surface area (Å²) in [6, 6.07) is 10.7. The Morgan fingerprint density at radius 1 is 1.25 bits per heavy atom. The summed E-state index contributed by atoms with van der Waals surface area (Å²) < 4.78 is 46.3. The standard InChI is InChI=1S/C18H14BrFN2O4S2/c1-21-18(23)26-10-12-9-15(14-6-3-7-22-16(14)20)17(27-12)28(24,25)13-5-2-4-11(19)8-13/h2-9H,10H2,1H3,(H,21,23). The molecule has 0 radical (unpaired) electrons. The Hall–Kier alpha value is -2.30. The maximum Gasteiger partial charge on any atom is 0.407 e. The summed E-state index contributed by atoms with van der Waals surface area (Å²) in [5.41, 5.74) is 0.226. The van der Waals surface area contributed by atoms with Crippen molar-refractivity contribution in [3.05, 3.63) is 64.0 Å². The fraction of sp³-hybridized carbons (Fsp3) is 0.111. The van der Waals surface area contributed by atoms with Crippen molar-refractivity contribution in [2.75, 3.05) is 7.05 Å². The fourth-order valence-corrected chi connectivity index (χ4v) is 6.04. The van der Waals surface area contributed by atoms with Gasteiger partial charge in [0.05, 0.1) is 4.90 Å². The van der Waals surface area contributed by atoms with Crippen LogP contribution in [-0.2, 0) is 21.2 Å². The van der Waals surface area contributed by atoms with Gasteiger partial charge < -0.3 is 10.1 Å². The van der Waals surface area contributed by atoms with Crippen LogP contribution in [0.2, 0.25) is 0 Å². The number of ether oxygens (including phenoxy) is 1. The van der Waals surface area contributed by atoms with Crippen molar-refractivity contribution in [1.29, 1.82) is 0 Å². The summed E-state index contributed by atoms with van der Waals surface area (Å²) in [7, 11) is -2.53. The predicted molar refractivity (Wildman–Crippen MR) is 106 cm³/mol. The van der Waals surface area contributed by atoms with Crippen LogP contribution in [0.3, 0.4) is 0 Å². The van der Waals surface area contributed by atoms with Crippen LogP contribution >= 0.6 is 27.3 Å². The molecule has 0 unspecified atom stereocenters. The summed E-state index contributed by atoms with van der Waals surface area (Å²) in [6.45, 7) is -0.146. The van der Waals surface area contributed by atoms with E-state index in [9.17, 15) is 17.6 Å². The van der Waals surface area contributed by atoms with Crippen LogP contribution in [0.25, 0.3) is 11.1 Å². The topological polar surface area (TPSA) is 85.4 Å². The van der Waals surface area contributed by atoms with Gasteiger partial charge in [-0.1, -0.05) is 22.0 Å². The van der Waals surface area contributed by atoms with Gasteiger partial charge in [0.15, 0.2) is 0 Å². The number of alkyl carbamates (subject to hydrolysis) is 1. The number of rotatable bonds is 5. The van der Waals surface area contributed by atoms with E-state index in [1.807, 2.05) is 0 Å². The minimum Gasteiger partial charge on any atom is -0.444 e. The highest BCUT2D eigenvalue weighted by Gasteiger charge is 2.27. The highest BCUT2D eigenvalue weighted by molar-refractivity contribution is 9.10. The number of amides is 1. The molecule has 6 nitrogen and oxygen atoms in total. The number of carbonyl (C=O) groups is 1. The number of pyridine rings is 1. The van der Waals surface area contributed by atoms with Crippen molar-refractivity contribution in [3.8, 4) is 11.1 Å². The van der Waals surface area contributed by atoms with Gasteiger partial charge in [-0.15, -0.1) is 11.3 Å². The minimum absolute atomic E-state index is 0.0481. The lowest BCUT2D eigenvalue weighted by Gasteiger charge is -2.07. The number of nitrogens with one attached hydrogen (secondary N) is 1. The lowest BCUT2D eigenvalue weighted by molar-refractivity contribution is 0.143. The number of nitrogens with zero attached hydrogens (tertiary/aromatic N) is 1. The third kappa shape index (κ3) is 4.23. The zero-order valence-electron chi connectivity index (χ0n) is 14.5.